The SMILES string of the molecule is CC(C)(C)c1ccc(OCc2cc(C#CCN)cs2)cc1. The van der Waals surface area contributed by atoms with Crippen molar-refractivity contribution in [2.75, 3.05) is 6.54 Å². The standard InChI is InChI=1S/C18H21NOS/c1-18(2,3)15-6-8-16(9-7-15)20-12-17-11-14(13-21-17)5-4-10-19/h6-9,11,13H,10,12,19H2,1-3H3. The van der Waals surface area contributed by atoms with Gasteiger partial charge in [-0.1, -0.05) is 44.7 Å². The number of nitrogens with two attached hydrogens (primary N) is 1. The summed E-state index contributed by atoms with van der Waals surface area (Å²) in [7, 11) is 0. The average molecular weight is 299 g/mol. The lowest BCUT2D eigenvalue weighted by Crippen LogP contribution is -2.10. The molecule has 2 aromatic rings. The molecule has 2 nitrogen and oxygen atoms in total. The molecule has 3 heteroatoms. The smallest absolute Gasteiger partial charge is 0.122 e. The van der Waals surface area contributed by atoms with Gasteiger partial charge in [0.05, 0.1) is 6.54 Å². The molecule has 0 spiro atoms. The highest BCUT2D eigenvalue weighted by atomic mass is 32.1. The molecule has 0 saturated carbocycles. The Kier molecular flexibility index (Phi) is 5.06. The van der Waals surface area contributed by atoms with Crippen molar-refractivity contribution < 1.29 is 4.74 Å². The van der Waals surface area contributed by atoms with E-state index in [0.29, 0.717) is 13.2 Å². The van der Waals surface area contributed by atoms with E-state index in [-0.39, 0.29) is 5.41 Å². The zero-order chi connectivity index (χ0) is 15.3. The van der Waals surface area contributed by atoms with E-state index >= 15 is 0 Å². The van der Waals surface area contributed by atoms with Crippen molar-refractivity contribution in [3.63, 3.8) is 0 Å². The van der Waals surface area contributed by atoms with Gasteiger partial charge >= 0.3 is 0 Å². The molecule has 0 fully saturated rings. The zero-order valence-corrected chi connectivity index (χ0v) is 13.6. The molecule has 0 aliphatic carbocycles. The van der Waals surface area contributed by atoms with E-state index in [4.69, 9.17) is 10.5 Å². The van der Waals surface area contributed by atoms with Crippen LogP contribution in [0, 0.1) is 11.8 Å². The lowest BCUT2D eigenvalue weighted by Gasteiger charge is -2.19. The summed E-state index contributed by atoms with van der Waals surface area (Å²) >= 11 is 1.66. The van der Waals surface area contributed by atoms with Crippen LogP contribution < -0.4 is 10.5 Å². The van der Waals surface area contributed by atoms with Gasteiger partial charge in [0.2, 0.25) is 0 Å². The van der Waals surface area contributed by atoms with Crippen LogP contribution in [0.5, 0.6) is 5.75 Å². The molecule has 1 aromatic carbocycles. The largest absolute Gasteiger partial charge is 0.488 e. The fourth-order valence-electron chi connectivity index (χ4n) is 1.88. The Labute approximate surface area is 131 Å². The van der Waals surface area contributed by atoms with Crippen LogP contribution in [0.2, 0.25) is 0 Å². The molecule has 0 atom stereocenters. The van der Waals surface area contributed by atoms with E-state index in [9.17, 15) is 0 Å². The first-order valence-corrected chi connectivity index (χ1v) is 7.87. The van der Waals surface area contributed by atoms with Crippen molar-refractivity contribution in [2.24, 2.45) is 5.73 Å². The maximum atomic E-state index is 5.82. The molecular weight excluding hydrogens is 278 g/mol. The fourth-order valence-corrected chi connectivity index (χ4v) is 2.61. The minimum atomic E-state index is 0.169. The van der Waals surface area contributed by atoms with Crippen molar-refractivity contribution in [1.82, 2.24) is 0 Å². The second kappa shape index (κ2) is 6.80. The first kappa shape index (κ1) is 15.6. The van der Waals surface area contributed by atoms with Gasteiger partial charge in [-0.25, -0.2) is 0 Å². The monoisotopic (exact) mass is 299 g/mol. The molecule has 110 valence electrons. The predicted molar refractivity (Wildman–Crippen MR) is 89.7 cm³/mol. The highest BCUT2D eigenvalue weighted by Gasteiger charge is 2.12. The zero-order valence-electron chi connectivity index (χ0n) is 12.8. The van der Waals surface area contributed by atoms with Crippen molar-refractivity contribution >= 4 is 11.3 Å². The van der Waals surface area contributed by atoms with Crippen molar-refractivity contribution in [3.8, 4) is 17.6 Å². The molecule has 0 aliphatic heterocycles. The van der Waals surface area contributed by atoms with Crippen molar-refractivity contribution in [2.45, 2.75) is 32.8 Å². The molecule has 0 saturated heterocycles. The third-order valence-electron chi connectivity index (χ3n) is 3.09. The first-order chi connectivity index (χ1) is 9.99. The summed E-state index contributed by atoms with van der Waals surface area (Å²) in [4.78, 5) is 1.16. The van der Waals surface area contributed by atoms with Crippen LogP contribution in [-0.4, -0.2) is 6.54 Å². The van der Waals surface area contributed by atoms with Crippen LogP contribution in [0.1, 0.15) is 36.8 Å². The molecule has 2 N–H and O–H groups in total. The van der Waals surface area contributed by atoms with Crippen LogP contribution in [0.4, 0.5) is 0 Å². The number of benzene rings is 1. The van der Waals surface area contributed by atoms with Crippen LogP contribution in [0.15, 0.2) is 35.7 Å². The Morgan fingerprint density at radius 3 is 2.52 bits per heavy atom. The van der Waals surface area contributed by atoms with E-state index in [1.165, 1.54) is 5.56 Å². The summed E-state index contributed by atoms with van der Waals surface area (Å²) < 4.78 is 5.82. The summed E-state index contributed by atoms with van der Waals surface area (Å²) in [5.41, 5.74) is 7.85. The maximum absolute atomic E-state index is 5.82. The fraction of sp³-hybridized carbons (Fsp3) is 0.333. The van der Waals surface area contributed by atoms with Crippen LogP contribution in [0.3, 0.4) is 0 Å². The quantitative estimate of drug-likeness (QED) is 0.871. The van der Waals surface area contributed by atoms with Crippen molar-refractivity contribution in [1.29, 1.82) is 0 Å². The second-order valence-corrected chi connectivity index (χ2v) is 6.87. The van der Waals surface area contributed by atoms with Crippen LogP contribution >= 0.6 is 11.3 Å². The number of hydrogen-bond acceptors (Lipinski definition) is 3. The maximum Gasteiger partial charge on any atom is 0.122 e. The summed E-state index contributed by atoms with van der Waals surface area (Å²) in [5, 5.41) is 2.03. The number of hydrogen-bond donors (Lipinski definition) is 1. The summed E-state index contributed by atoms with van der Waals surface area (Å²) in [6.45, 7) is 7.58. The van der Waals surface area contributed by atoms with Gasteiger partial charge in [0, 0.05) is 15.8 Å². The molecule has 1 heterocycles. The molecule has 2 rings (SSSR count). The summed E-state index contributed by atoms with van der Waals surface area (Å²) in [6, 6.07) is 10.4. The van der Waals surface area contributed by atoms with Gasteiger partial charge in [0.1, 0.15) is 12.4 Å². The highest BCUT2D eigenvalue weighted by molar-refractivity contribution is 7.10. The summed E-state index contributed by atoms with van der Waals surface area (Å²) in [6.07, 6.45) is 0. The van der Waals surface area contributed by atoms with Crippen LogP contribution in [0.25, 0.3) is 0 Å². The number of thiophene rings is 1. The molecule has 0 aliphatic rings. The normalized spacial score (nSPS) is 10.9. The molecule has 1 aromatic heterocycles. The minimum Gasteiger partial charge on any atom is -0.488 e. The first-order valence-electron chi connectivity index (χ1n) is 6.99. The molecular formula is C18H21NOS. The summed E-state index contributed by atoms with van der Waals surface area (Å²) in [5.74, 6) is 6.78. The van der Waals surface area contributed by atoms with Gasteiger partial charge in [0.15, 0.2) is 0 Å². The Bertz CT molecular complexity index is 638. The topological polar surface area (TPSA) is 35.2 Å². The third kappa shape index (κ3) is 4.63. The van der Waals surface area contributed by atoms with E-state index in [1.54, 1.807) is 11.3 Å². The van der Waals surface area contributed by atoms with E-state index < -0.39 is 0 Å². The Morgan fingerprint density at radius 1 is 1.19 bits per heavy atom. The van der Waals surface area contributed by atoms with Gasteiger partial charge < -0.3 is 10.5 Å². The molecule has 0 radical (unpaired) electrons. The van der Waals surface area contributed by atoms with Gasteiger partial charge in [0.25, 0.3) is 0 Å². The third-order valence-corrected chi connectivity index (χ3v) is 4.00. The molecule has 0 bridgehead atoms. The van der Waals surface area contributed by atoms with E-state index in [1.807, 2.05) is 17.5 Å². The van der Waals surface area contributed by atoms with Crippen LogP contribution in [-0.2, 0) is 12.0 Å². The Hall–Kier alpha value is -1.76. The van der Waals surface area contributed by atoms with Crippen molar-refractivity contribution in [3.05, 3.63) is 51.7 Å². The minimum absolute atomic E-state index is 0.169. The van der Waals surface area contributed by atoms with Gasteiger partial charge in [-0.05, 0) is 29.2 Å². The van der Waals surface area contributed by atoms with Gasteiger partial charge in [-0.15, -0.1) is 11.3 Å². The predicted octanol–water partition coefficient (Wildman–Crippen LogP) is 3.93. The van der Waals surface area contributed by atoms with E-state index in [2.05, 4.69) is 50.8 Å². The lowest BCUT2D eigenvalue weighted by molar-refractivity contribution is 0.309. The van der Waals surface area contributed by atoms with E-state index in [0.717, 1.165) is 16.2 Å². The average Bonchev–Trinajstić information content (AvgIpc) is 2.90. The number of rotatable bonds is 3. The Balaban J connectivity index is 1.95. The highest BCUT2D eigenvalue weighted by Crippen LogP contribution is 2.25. The Morgan fingerprint density at radius 2 is 1.90 bits per heavy atom. The van der Waals surface area contributed by atoms with Gasteiger partial charge in [-0.2, -0.15) is 0 Å². The second-order valence-electron chi connectivity index (χ2n) is 5.87. The molecule has 0 unspecified atom stereocenters. The number of ether oxygens (including phenoxy) is 1. The van der Waals surface area contributed by atoms with Gasteiger partial charge in [-0.3, -0.25) is 0 Å². The molecule has 0 amide bonds. The lowest BCUT2D eigenvalue weighted by atomic mass is 9.87. The molecule has 21 heavy (non-hydrogen) atoms.